The largest absolute Gasteiger partial charge is 0.329 e. The van der Waals surface area contributed by atoms with Gasteiger partial charge in [-0.25, -0.2) is 0 Å². The lowest BCUT2D eigenvalue weighted by Crippen LogP contribution is -2.25. The normalized spacial score (nSPS) is 17.5. The van der Waals surface area contributed by atoms with Gasteiger partial charge < -0.3 is 5.73 Å². The van der Waals surface area contributed by atoms with Crippen molar-refractivity contribution in [2.75, 3.05) is 6.54 Å². The van der Waals surface area contributed by atoms with E-state index in [0.29, 0.717) is 6.54 Å². The summed E-state index contributed by atoms with van der Waals surface area (Å²) in [6.07, 6.45) is 1.91. The van der Waals surface area contributed by atoms with Crippen LogP contribution in [0, 0.1) is 19.3 Å². The fraction of sp³-hybridized carbons (Fsp3) is 0.462. The lowest BCUT2D eigenvalue weighted by Gasteiger charge is -2.13. The molecule has 0 aliphatic heterocycles. The summed E-state index contributed by atoms with van der Waals surface area (Å²) in [5.41, 5.74) is 8.56. The second-order valence-corrected chi connectivity index (χ2v) is 4.63. The van der Waals surface area contributed by atoms with E-state index < -0.39 is 0 Å². The number of aryl methyl sites for hydroxylation is 2. The third kappa shape index (κ3) is 1.70. The monoisotopic (exact) mass is 203 g/mol. The number of nitrogens with two attached hydrogens (primary N) is 1. The van der Waals surface area contributed by atoms with Gasteiger partial charge in [-0.1, -0.05) is 23.8 Å². The molecule has 1 saturated carbocycles. The molecule has 1 aliphatic carbocycles. The minimum Gasteiger partial charge on any atom is -0.329 e. The first-order chi connectivity index (χ1) is 7.09. The van der Waals surface area contributed by atoms with Gasteiger partial charge in [0.1, 0.15) is 0 Å². The number of hydrogen-bond acceptors (Lipinski definition) is 2. The highest BCUT2D eigenvalue weighted by Crippen LogP contribution is 2.47. The Kier molecular flexibility index (Phi) is 2.39. The zero-order chi connectivity index (χ0) is 11.1. The van der Waals surface area contributed by atoms with Crippen molar-refractivity contribution in [3.05, 3.63) is 34.9 Å². The van der Waals surface area contributed by atoms with E-state index in [0.717, 1.165) is 24.0 Å². The Morgan fingerprint density at radius 1 is 1.40 bits per heavy atom. The van der Waals surface area contributed by atoms with Crippen molar-refractivity contribution in [1.29, 1.82) is 0 Å². The van der Waals surface area contributed by atoms with Gasteiger partial charge in [0.2, 0.25) is 0 Å². The van der Waals surface area contributed by atoms with Crippen LogP contribution in [0.15, 0.2) is 18.2 Å². The molecule has 0 saturated heterocycles. The SMILES string of the molecule is Cc1ccc(C(=O)C2(CN)CC2)c(C)c1. The average Bonchev–Trinajstić information content (AvgIpc) is 2.97. The summed E-state index contributed by atoms with van der Waals surface area (Å²) in [6, 6.07) is 5.98. The molecular formula is C13H17NO. The highest BCUT2D eigenvalue weighted by molar-refractivity contribution is 6.03. The number of ketones is 1. The highest BCUT2D eigenvalue weighted by atomic mass is 16.1. The molecule has 0 heterocycles. The van der Waals surface area contributed by atoms with Crippen molar-refractivity contribution < 1.29 is 4.79 Å². The quantitative estimate of drug-likeness (QED) is 0.765. The van der Waals surface area contributed by atoms with Crippen molar-refractivity contribution in [2.45, 2.75) is 26.7 Å². The molecule has 1 aromatic rings. The van der Waals surface area contributed by atoms with E-state index in [9.17, 15) is 4.79 Å². The van der Waals surface area contributed by atoms with Gasteiger partial charge in [0, 0.05) is 17.5 Å². The second kappa shape index (κ2) is 3.46. The smallest absolute Gasteiger partial charge is 0.170 e. The van der Waals surface area contributed by atoms with E-state index in [1.54, 1.807) is 0 Å². The van der Waals surface area contributed by atoms with Gasteiger partial charge >= 0.3 is 0 Å². The van der Waals surface area contributed by atoms with E-state index in [4.69, 9.17) is 5.73 Å². The number of Topliss-reactive ketones (excluding diaryl/α,β-unsaturated/α-hetero) is 1. The van der Waals surface area contributed by atoms with Crippen molar-refractivity contribution in [3.63, 3.8) is 0 Å². The van der Waals surface area contributed by atoms with Crippen molar-refractivity contribution >= 4 is 5.78 Å². The molecule has 2 N–H and O–H groups in total. The lowest BCUT2D eigenvalue weighted by atomic mass is 9.91. The van der Waals surface area contributed by atoms with Crippen LogP contribution in [0.5, 0.6) is 0 Å². The maximum Gasteiger partial charge on any atom is 0.170 e. The second-order valence-electron chi connectivity index (χ2n) is 4.63. The first-order valence-corrected chi connectivity index (χ1v) is 5.41. The number of carbonyl (C=O) groups excluding carboxylic acids is 1. The molecule has 0 aromatic heterocycles. The fourth-order valence-electron chi connectivity index (χ4n) is 2.03. The molecule has 1 fully saturated rings. The first kappa shape index (κ1) is 10.4. The molecule has 80 valence electrons. The first-order valence-electron chi connectivity index (χ1n) is 5.41. The van der Waals surface area contributed by atoms with E-state index in [2.05, 4.69) is 6.07 Å². The lowest BCUT2D eigenvalue weighted by molar-refractivity contribution is 0.0905. The zero-order valence-electron chi connectivity index (χ0n) is 9.34. The topological polar surface area (TPSA) is 43.1 Å². The minimum atomic E-state index is -0.222. The molecule has 0 amide bonds. The van der Waals surface area contributed by atoms with Crippen LogP contribution in [0.1, 0.15) is 34.3 Å². The molecule has 0 radical (unpaired) electrons. The Morgan fingerprint density at radius 3 is 2.53 bits per heavy atom. The zero-order valence-corrected chi connectivity index (χ0v) is 9.34. The Bertz CT molecular complexity index is 405. The van der Waals surface area contributed by atoms with Gasteiger partial charge in [-0.3, -0.25) is 4.79 Å². The molecule has 0 atom stereocenters. The van der Waals surface area contributed by atoms with Crippen LogP contribution in [0.3, 0.4) is 0 Å². The van der Waals surface area contributed by atoms with Crippen LogP contribution in [0.4, 0.5) is 0 Å². The van der Waals surface area contributed by atoms with E-state index in [1.165, 1.54) is 5.56 Å². The number of benzene rings is 1. The highest BCUT2D eigenvalue weighted by Gasteiger charge is 2.48. The summed E-state index contributed by atoms with van der Waals surface area (Å²) in [5, 5.41) is 0. The average molecular weight is 203 g/mol. The Hall–Kier alpha value is -1.15. The maximum absolute atomic E-state index is 12.2. The molecule has 0 bridgehead atoms. The van der Waals surface area contributed by atoms with Crippen molar-refractivity contribution in [3.8, 4) is 0 Å². The molecule has 1 aliphatic rings. The summed E-state index contributed by atoms with van der Waals surface area (Å²) < 4.78 is 0. The van der Waals surface area contributed by atoms with Crippen molar-refractivity contribution in [2.24, 2.45) is 11.1 Å². The molecule has 2 nitrogen and oxygen atoms in total. The third-order valence-electron chi connectivity index (χ3n) is 3.35. The minimum absolute atomic E-state index is 0.222. The van der Waals surface area contributed by atoms with Crippen LogP contribution in [-0.2, 0) is 0 Å². The number of rotatable bonds is 3. The van der Waals surface area contributed by atoms with Gasteiger partial charge in [-0.05, 0) is 32.3 Å². The van der Waals surface area contributed by atoms with E-state index in [1.807, 2.05) is 26.0 Å². The molecule has 0 spiro atoms. The predicted octanol–water partition coefficient (Wildman–Crippen LogP) is 2.23. The third-order valence-corrected chi connectivity index (χ3v) is 3.35. The number of hydrogen-bond donors (Lipinski definition) is 1. The van der Waals surface area contributed by atoms with Gasteiger partial charge in [0.15, 0.2) is 5.78 Å². The summed E-state index contributed by atoms with van der Waals surface area (Å²) in [7, 11) is 0. The van der Waals surface area contributed by atoms with Crippen LogP contribution in [0.2, 0.25) is 0 Å². The van der Waals surface area contributed by atoms with Gasteiger partial charge in [-0.2, -0.15) is 0 Å². The predicted molar refractivity (Wildman–Crippen MR) is 61.0 cm³/mol. The Balaban J connectivity index is 2.34. The van der Waals surface area contributed by atoms with Crippen LogP contribution < -0.4 is 5.73 Å². The summed E-state index contributed by atoms with van der Waals surface area (Å²) in [4.78, 5) is 12.2. The van der Waals surface area contributed by atoms with Gasteiger partial charge in [-0.15, -0.1) is 0 Å². The maximum atomic E-state index is 12.2. The summed E-state index contributed by atoms with van der Waals surface area (Å²) >= 11 is 0. The Morgan fingerprint density at radius 2 is 2.07 bits per heavy atom. The van der Waals surface area contributed by atoms with E-state index >= 15 is 0 Å². The molecule has 0 unspecified atom stereocenters. The fourth-order valence-corrected chi connectivity index (χ4v) is 2.03. The standard InChI is InChI=1S/C13H17NO/c1-9-3-4-11(10(2)7-9)12(15)13(8-14)5-6-13/h3-4,7H,5-6,8,14H2,1-2H3. The number of carbonyl (C=O) groups is 1. The van der Waals surface area contributed by atoms with Gasteiger partial charge in [0.25, 0.3) is 0 Å². The summed E-state index contributed by atoms with van der Waals surface area (Å²) in [6.45, 7) is 4.52. The molecular weight excluding hydrogens is 186 g/mol. The summed E-state index contributed by atoms with van der Waals surface area (Å²) in [5.74, 6) is 0.238. The molecule has 1 aromatic carbocycles. The van der Waals surface area contributed by atoms with E-state index in [-0.39, 0.29) is 11.2 Å². The molecule has 15 heavy (non-hydrogen) atoms. The molecule has 2 heteroatoms. The Labute approximate surface area is 90.5 Å². The van der Waals surface area contributed by atoms with Crippen LogP contribution in [0.25, 0.3) is 0 Å². The van der Waals surface area contributed by atoms with Crippen LogP contribution >= 0.6 is 0 Å². The van der Waals surface area contributed by atoms with Crippen molar-refractivity contribution in [1.82, 2.24) is 0 Å². The molecule has 2 rings (SSSR count). The van der Waals surface area contributed by atoms with Gasteiger partial charge in [0.05, 0.1) is 0 Å². The van der Waals surface area contributed by atoms with Crippen LogP contribution in [-0.4, -0.2) is 12.3 Å².